The van der Waals surface area contributed by atoms with Gasteiger partial charge in [0.2, 0.25) is 5.91 Å². The van der Waals surface area contributed by atoms with Gasteiger partial charge in [0, 0.05) is 26.2 Å². The second-order valence-corrected chi connectivity index (χ2v) is 4.67. The molecule has 0 radical (unpaired) electrons. The number of hydrogen-bond donors (Lipinski definition) is 0. The monoisotopic (exact) mass is 226 g/mol. The van der Waals surface area contributed by atoms with Gasteiger partial charge in [-0.25, -0.2) is 0 Å². The molecule has 16 heavy (non-hydrogen) atoms. The number of carbonyl (C=O) groups is 2. The number of carbonyl (C=O) groups excluding carboxylic acids is 2. The third-order valence-corrected chi connectivity index (χ3v) is 3.53. The summed E-state index contributed by atoms with van der Waals surface area (Å²) in [5.41, 5.74) is -0.829. The minimum absolute atomic E-state index is 0.0348. The summed E-state index contributed by atoms with van der Waals surface area (Å²) in [6, 6.07) is 0. The lowest BCUT2D eigenvalue weighted by atomic mass is 10.1. The summed E-state index contributed by atoms with van der Waals surface area (Å²) in [6.07, 6.45) is 1.29. The number of methoxy groups -OCH3 is 1. The molecule has 5 heteroatoms. The van der Waals surface area contributed by atoms with Crippen LogP contribution in [0.5, 0.6) is 0 Å². The maximum Gasteiger partial charge on any atom is 0.321 e. The molecule has 0 N–H and O–H groups in total. The molecule has 1 aliphatic heterocycles. The van der Waals surface area contributed by atoms with E-state index in [2.05, 4.69) is 4.90 Å². The third-order valence-electron chi connectivity index (χ3n) is 3.53. The van der Waals surface area contributed by atoms with Gasteiger partial charge in [0.05, 0.1) is 7.11 Å². The van der Waals surface area contributed by atoms with E-state index in [-0.39, 0.29) is 11.9 Å². The van der Waals surface area contributed by atoms with Crippen LogP contribution in [0.25, 0.3) is 0 Å². The van der Waals surface area contributed by atoms with E-state index in [0.29, 0.717) is 25.9 Å². The van der Waals surface area contributed by atoms with Gasteiger partial charge in [0.1, 0.15) is 5.41 Å². The highest BCUT2D eigenvalue weighted by Gasteiger charge is 2.59. The standard InChI is InChI=1S/C11H18N2O3/c1-12-5-7-13(8-6-12)9(14)11(3-4-11)10(15)16-2/h3-8H2,1-2H3. The lowest BCUT2D eigenvalue weighted by Gasteiger charge is -2.34. The number of nitrogens with zero attached hydrogens (tertiary/aromatic N) is 2. The SMILES string of the molecule is COC(=O)C1(C(=O)N2CCN(C)CC2)CC1. The molecule has 2 aliphatic rings. The first kappa shape index (κ1) is 11.4. The molecule has 1 amide bonds. The van der Waals surface area contributed by atoms with Crippen molar-refractivity contribution in [1.82, 2.24) is 9.80 Å². The van der Waals surface area contributed by atoms with E-state index in [1.165, 1.54) is 7.11 Å². The average molecular weight is 226 g/mol. The van der Waals surface area contributed by atoms with Crippen LogP contribution in [0.15, 0.2) is 0 Å². The van der Waals surface area contributed by atoms with Gasteiger partial charge in [-0.15, -0.1) is 0 Å². The maximum atomic E-state index is 12.2. The minimum Gasteiger partial charge on any atom is -0.468 e. The van der Waals surface area contributed by atoms with Crippen LogP contribution < -0.4 is 0 Å². The van der Waals surface area contributed by atoms with E-state index in [1.807, 2.05) is 7.05 Å². The Morgan fingerprint density at radius 2 is 1.69 bits per heavy atom. The first-order valence-electron chi connectivity index (χ1n) is 5.66. The Kier molecular flexibility index (Phi) is 2.88. The first-order valence-corrected chi connectivity index (χ1v) is 5.66. The van der Waals surface area contributed by atoms with Gasteiger partial charge in [-0.05, 0) is 19.9 Å². The molecule has 2 rings (SSSR count). The lowest BCUT2D eigenvalue weighted by molar-refractivity contribution is -0.156. The summed E-state index contributed by atoms with van der Waals surface area (Å²) in [5.74, 6) is -0.399. The van der Waals surface area contributed by atoms with Crippen molar-refractivity contribution in [3.05, 3.63) is 0 Å². The van der Waals surface area contributed by atoms with Gasteiger partial charge in [-0.1, -0.05) is 0 Å². The molecular formula is C11H18N2O3. The Morgan fingerprint density at radius 3 is 2.12 bits per heavy atom. The quantitative estimate of drug-likeness (QED) is 0.480. The highest BCUT2D eigenvalue weighted by atomic mass is 16.5. The number of likely N-dealkylation sites (N-methyl/N-ethyl adjacent to an activating group) is 1. The fraction of sp³-hybridized carbons (Fsp3) is 0.818. The molecule has 0 aromatic heterocycles. The highest BCUT2D eigenvalue weighted by Crippen LogP contribution is 2.48. The van der Waals surface area contributed by atoms with Crippen molar-refractivity contribution in [2.45, 2.75) is 12.8 Å². The smallest absolute Gasteiger partial charge is 0.321 e. The Balaban J connectivity index is 2.00. The summed E-state index contributed by atoms with van der Waals surface area (Å²) >= 11 is 0. The van der Waals surface area contributed by atoms with Crippen molar-refractivity contribution in [2.75, 3.05) is 40.3 Å². The number of rotatable bonds is 2. The van der Waals surface area contributed by atoms with Gasteiger partial charge in [0.15, 0.2) is 0 Å². The molecule has 0 aromatic carbocycles. The zero-order valence-electron chi connectivity index (χ0n) is 9.86. The Morgan fingerprint density at radius 1 is 1.12 bits per heavy atom. The largest absolute Gasteiger partial charge is 0.468 e. The molecule has 1 saturated carbocycles. The Hall–Kier alpha value is -1.10. The van der Waals surface area contributed by atoms with Crippen molar-refractivity contribution in [2.24, 2.45) is 5.41 Å². The number of amides is 1. The molecule has 1 heterocycles. The number of piperazine rings is 1. The van der Waals surface area contributed by atoms with Crippen molar-refractivity contribution in [3.63, 3.8) is 0 Å². The first-order chi connectivity index (χ1) is 7.60. The molecule has 2 fully saturated rings. The second-order valence-electron chi connectivity index (χ2n) is 4.67. The fourth-order valence-corrected chi connectivity index (χ4v) is 2.14. The molecule has 90 valence electrons. The van der Waals surface area contributed by atoms with Crippen LogP contribution in [-0.2, 0) is 14.3 Å². The number of hydrogen-bond acceptors (Lipinski definition) is 4. The molecule has 0 aromatic rings. The van der Waals surface area contributed by atoms with Crippen molar-refractivity contribution in [3.8, 4) is 0 Å². The molecule has 0 spiro atoms. The predicted molar refractivity (Wildman–Crippen MR) is 57.8 cm³/mol. The summed E-state index contributed by atoms with van der Waals surface area (Å²) in [4.78, 5) is 27.7. The summed E-state index contributed by atoms with van der Waals surface area (Å²) in [7, 11) is 3.38. The molecule has 0 bridgehead atoms. The number of esters is 1. The van der Waals surface area contributed by atoms with Gasteiger partial charge in [0.25, 0.3) is 0 Å². The normalized spacial score (nSPS) is 24.0. The average Bonchev–Trinajstić information content (AvgIpc) is 3.09. The molecule has 5 nitrogen and oxygen atoms in total. The van der Waals surface area contributed by atoms with Crippen LogP contribution in [0.2, 0.25) is 0 Å². The number of ether oxygens (including phenoxy) is 1. The topological polar surface area (TPSA) is 49.9 Å². The maximum absolute atomic E-state index is 12.2. The van der Waals surface area contributed by atoms with Crippen LogP contribution >= 0.6 is 0 Å². The van der Waals surface area contributed by atoms with E-state index < -0.39 is 5.41 Å². The molecule has 0 atom stereocenters. The van der Waals surface area contributed by atoms with Crippen LogP contribution in [0.1, 0.15) is 12.8 Å². The van der Waals surface area contributed by atoms with Gasteiger partial charge >= 0.3 is 5.97 Å². The summed E-state index contributed by atoms with van der Waals surface area (Å²) < 4.78 is 4.71. The molecular weight excluding hydrogens is 208 g/mol. The molecule has 0 unspecified atom stereocenters. The van der Waals surface area contributed by atoms with Crippen LogP contribution in [0, 0.1) is 5.41 Å². The van der Waals surface area contributed by atoms with Gasteiger partial charge in [-0.3, -0.25) is 9.59 Å². The van der Waals surface area contributed by atoms with Gasteiger partial charge in [-0.2, -0.15) is 0 Å². The Bertz CT molecular complexity index is 304. The van der Waals surface area contributed by atoms with E-state index in [1.54, 1.807) is 4.90 Å². The van der Waals surface area contributed by atoms with Crippen LogP contribution in [-0.4, -0.2) is 62.0 Å². The zero-order valence-corrected chi connectivity index (χ0v) is 9.86. The van der Waals surface area contributed by atoms with Crippen molar-refractivity contribution < 1.29 is 14.3 Å². The van der Waals surface area contributed by atoms with Crippen LogP contribution in [0.4, 0.5) is 0 Å². The molecule has 1 aliphatic carbocycles. The minimum atomic E-state index is -0.829. The highest BCUT2D eigenvalue weighted by molar-refractivity contribution is 6.05. The van der Waals surface area contributed by atoms with Crippen LogP contribution in [0.3, 0.4) is 0 Å². The fourth-order valence-electron chi connectivity index (χ4n) is 2.14. The summed E-state index contributed by atoms with van der Waals surface area (Å²) in [5, 5.41) is 0. The van der Waals surface area contributed by atoms with E-state index in [4.69, 9.17) is 4.74 Å². The summed E-state index contributed by atoms with van der Waals surface area (Å²) in [6.45, 7) is 3.19. The van der Waals surface area contributed by atoms with E-state index >= 15 is 0 Å². The van der Waals surface area contributed by atoms with E-state index in [9.17, 15) is 9.59 Å². The van der Waals surface area contributed by atoms with Crippen molar-refractivity contribution >= 4 is 11.9 Å². The Labute approximate surface area is 95.3 Å². The lowest BCUT2D eigenvalue weighted by Crippen LogP contribution is -2.51. The van der Waals surface area contributed by atoms with Crippen molar-refractivity contribution in [1.29, 1.82) is 0 Å². The third kappa shape index (κ3) is 1.80. The molecule has 1 saturated heterocycles. The van der Waals surface area contributed by atoms with Gasteiger partial charge < -0.3 is 14.5 Å². The predicted octanol–water partition coefficient (Wildman–Crippen LogP) is -0.286. The second kappa shape index (κ2) is 4.05. The van der Waals surface area contributed by atoms with E-state index in [0.717, 1.165) is 13.1 Å². The zero-order chi connectivity index (χ0) is 11.8.